The Labute approximate surface area is 108 Å². The minimum Gasteiger partial charge on any atom is -0.394 e. The number of hydrogen-bond acceptors (Lipinski definition) is 4. The molecular weight excluding hydrogens is 226 g/mol. The van der Waals surface area contributed by atoms with Gasteiger partial charge in [-0.1, -0.05) is 6.92 Å². The Morgan fingerprint density at radius 1 is 1.56 bits per heavy atom. The topological polar surface area (TPSA) is 68.9 Å². The third-order valence-electron chi connectivity index (χ3n) is 3.85. The molecule has 0 saturated heterocycles. The maximum absolute atomic E-state index is 9.68. The molecule has 1 fully saturated rings. The van der Waals surface area contributed by atoms with Crippen LogP contribution < -0.4 is 5.32 Å². The Kier molecular flexibility index (Phi) is 3.83. The molecular formula is C14H19N3O. The van der Waals surface area contributed by atoms with Crippen LogP contribution in [0.3, 0.4) is 0 Å². The molecule has 0 amide bonds. The molecule has 0 bridgehead atoms. The molecule has 1 saturated carbocycles. The molecule has 0 aliphatic heterocycles. The number of aliphatic hydroxyl groups excluding tert-OH is 1. The van der Waals surface area contributed by atoms with E-state index in [9.17, 15) is 5.11 Å². The van der Waals surface area contributed by atoms with Crippen LogP contribution in [0, 0.1) is 17.2 Å². The zero-order valence-electron chi connectivity index (χ0n) is 10.7. The molecule has 1 aliphatic rings. The van der Waals surface area contributed by atoms with E-state index >= 15 is 0 Å². The molecule has 0 radical (unpaired) electrons. The van der Waals surface area contributed by atoms with Gasteiger partial charge < -0.3 is 10.4 Å². The largest absolute Gasteiger partial charge is 0.394 e. The number of nitriles is 1. The van der Waals surface area contributed by atoms with Crippen molar-refractivity contribution in [3.05, 3.63) is 23.9 Å². The lowest BCUT2D eigenvalue weighted by atomic mass is 9.77. The SMILES string of the molecule is CC1CCC(CO)(Nc2ncccc2C#N)CC1. The van der Waals surface area contributed by atoms with Crippen molar-refractivity contribution in [3.63, 3.8) is 0 Å². The molecule has 1 aliphatic carbocycles. The summed E-state index contributed by atoms with van der Waals surface area (Å²) in [5, 5.41) is 22.0. The van der Waals surface area contributed by atoms with Gasteiger partial charge in [-0.3, -0.25) is 0 Å². The fourth-order valence-electron chi connectivity index (χ4n) is 2.48. The molecule has 2 N–H and O–H groups in total. The normalized spacial score (nSPS) is 27.5. The van der Waals surface area contributed by atoms with Gasteiger partial charge in [0.15, 0.2) is 0 Å². The predicted molar refractivity (Wildman–Crippen MR) is 70.0 cm³/mol. The number of nitrogens with one attached hydrogen (secondary N) is 1. The van der Waals surface area contributed by atoms with Crippen molar-refractivity contribution in [3.8, 4) is 6.07 Å². The van der Waals surface area contributed by atoms with Gasteiger partial charge in [0.2, 0.25) is 0 Å². The number of aromatic nitrogens is 1. The molecule has 0 unspecified atom stereocenters. The average molecular weight is 245 g/mol. The number of aliphatic hydroxyl groups is 1. The van der Waals surface area contributed by atoms with E-state index in [1.807, 2.05) is 0 Å². The first-order chi connectivity index (χ1) is 8.69. The standard InChI is InChI=1S/C14H19N3O/c1-11-4-6-14(10-18,7-5-11)17-13-12(9-15)3-2-8-16-13/h2-3,8,11,18H,4-7,10H2,1H3,(H,16,17). The summed E-state index contributed by atoms with van der Waals surface area (Å²) in [4.78, 5) is 4.21. The van der Waals surface area contributed by atoms with E-state index in [0.717, 1.165) is 25.7 Å². The van der Waals surface area contributed by atoms with E-state index in [2.05, 4.69) is 23.3 Å². The number of pyridine rings is 1. The lowest BCUT2D eigenvalue weighted by molar-refractivity contribution is 0.155. The van der Waals surface area contributed by atoms with Crippen LogP contribution in [-0.2, 0) is 0 Å². The van der Waals surface area contributed by atoms with Gasteiger partial charge in [-0.05, 0) is 43.7 Å². The summed E-state index contributed by atoms with van der Waals surface area (Å²) >= 11 is 0. The second-order valence-corrected chi connectivity index (χ2v) is 5.26. The summed E-state index contributed by atoms with van der Waals surface area (Å²) in [6.45, 7) is 2.32. The van der Waals surface area contributed by atoms with Gasteiger partial charge in [0, 0.05) is 6.20 Å². The highest BCUT2D eigenvalue weighted by Gasteiger charge is 2.34. The highest BCUT2D eigenvalue weighted by atomic mass is 16.3. The van der Waals surface area contributed by atoms with Crippen LogP contribution in [0.2, 0.25) is 0 Å². The highest BCUT2D eigenvalue weighted by Crippen LogP contribution is 2.34. The van der Waals surface area contributed by atoms with Crippen LogP contribution >= 0.6 is 0 Å². The van der Waals surface area contributed by atoms with Crippen LogP contribution in [0.1, 0.15) is 38.2 Å². The smallest absolute Gasteiger partial charge is 0.144 e. The zero-order valence-corrected chi connectivity index (χ0v) is 10.7. The van der Waals surface area contributed by atoms with Crippen LogP contribution in [-0.4, -0.2) is 22.2 Å². The summed E-state index contributed by atoms with van der Waals surface area (Å²) in [7, 11) is 0. The second-order valence-electron chi connectivity index (χ2n) is 5.26. The van der Waals surface area contributed by atoms with Crippen molar-refractivity contribution < 1.29 is 5.11 Å². The summed E-state index contributed by atoms with van der Waals surface area (Å²) in [6, 6.07) is 5.62. The molecule has 0 atom stereocenters. The summed E-state index contributed by atoms with van der Waals surface area (Å²) < 4.78 is 0. The number of anilines is 1. The van der Waals surface area contributed by atoms with Crippen molar-refractivity contribution in [1.82, 2.24) is 4.98 Å². The number of hydrogen-bond donors (Lipinski definition) is 2. The van der Waals surface area contributed by atoms with Gasteiger partial charge in [-0.2, -0.15) is 5.26 Å². The monoisotopic (exact) mass is 245 g/mol. The van der Waals surface area contributed by atoms with E-state index in [-0.39, 0.29) is 12.1 Å². The van der Waals surface area contributed by atoms with E-state index in [0.29, 0.717) is 17.3 Å². The third kappa shape index (κ3) is 2.62. The second kappa shape index (κ2) is 5.36. The Morgan fingerprint density at radius 3 is 2.89 bits per heavy atom. The molecule has 18 heavy (non-hydrogen) atoms. The van der Waals surface area contributed by atoms with Crippen LogP contribution in [0.15, 0.2) is 18.3 Å². The zero-order chi connectivity index (χ0) is 13.0. The van der Waals surface area contributed by atoms with Gasteiger partial charge in [0.05, 0.1) is 17.7 Å². The van der Waals surface area contributed by atoms with Crippen LogP contribution in [0.25, 0.3) is 0 Å². The van der Waals surface area contributed by atoms with Crippen molar-refractivity contribution in [1.29, 1.82) is 5.26 Å². The third-order valence-corrected chi connectivity index (χ3v) is 3.85. The Balaban J connectivity index is 2.18. The van der Waals surface area contributed by atoms with E-state index in [4.69, 9.17) is 5.26 Å². The van der Waals surface area contributed by atoms with Gasteiger partial charge in [0.1, 0.15) is 11.9 Å². The lowest BCUT2D eigenvalue weighted by Crippen LogP contribution is -2.45. The first-order valence-electron chi connectivity index (χ1n) is 6.43. The quantitative estimate of drug-likeness (QED) is 0.857. The first kappa shape index (κ1) is 12.8. The van der Waals surface area contributed by atoms with Gasteiger partial charge in [-0.15, -0.1) is 0 Å². The Morgan fingerprint density at radius 2 is 2.28 bits per heavy atom. The maximum atomic E-state index is 9.68. The van der Waals surface area contributed by atoms with Gasteiger partial charge >= 0.3 is 0 Å². The molecule has 0 aromatic carbocycles. The summed E-state index contributed by atoms with van der Waals surface area (Å²) in [5.41, 5.74) is 0.218. The van der Waals surface area contributed by atoms with E-state index in [1.165, 1.54) is 0 Å². The Bertz CT molecular complexity index is 445. The van der Waals surface area contributed by atoms with Crippen molar-refractivity contribution >= 4 is 5.82 Å². The number of rotatable bonds is 3. The predicted octanol–water partition coefficient (Wildman–Crippen LogP) is 2.31. The van der Waals surface area contributed by atoms with Gasteiger partial charge in [0.25, 0.3) is 0 Å². The highest BCUT2D eigenvalue weighted by molar-refractivity contribution is 5.52. The van der Waals surface area contributed by atoms with Crippen molar-refractivity contribution in [2.75, 3.05) is 11.9 Å². The molecule has 4 nitrogen and oxygen atoms in total. The molecule has 1 heterocycles. The summed E-state index contributed by atoms with van der Waals surface area (Å²) in [5.74, 6) is 1.30. The Hall–Kier alpha value is -1.60. The average Bonchev–Trinajstić information content (AvgIpc) is 2.42. The molecule has 1 aromatic heterocycles. The first-order valence-corrected chi connectivity index (χ1v) is 6.43. The molecule has 96 valence electrons. The summed E-state index contributed by atoms with van der Waals surface area (Å²) in [6.07, 6.45) is 5.71. The van der Waals surface area contributed by atoms with Crippen molar-refractivity contribution in [2.45, 2.75) is 38.1 Å². The molecule has 4 heteroatoms. The maximum Gasteiger partial charge on any atom is 0.144 e. The lowest BCUT2D eigenvalue weighted by Gasteiger charge is -2.39. The van der Waals surface area contributed by atoms with Crippen molar-refractivity contribution in [2.24, 2.45) is 5.92 Å². The van der Waals surface area contributed by atoms with Crippen LogP contribution in [0.4, 0.5) is 5.82 Å². The fraction of sp³-hybridized carbons (Fsp3) is 0.571. The van der Waals surface area contributed by atoms with Gasteiger partial charge in [-0.25, -0.2) is 4.98 Å². The fourth-order valence-corrected chi connectivity index (χ4v) is 2.48. The molecule has 2 rings (SSSR count). The van der Waals surface area contributed by atoms with E-state index in [1.54, 1.807) is 18.3 Å². The number of nitrogens with zero attached hydrogens (tertiary/aromatic N) is 2. The van der Waals surface area contributed by atoms with Crippen LogP contribution in [0.5, 0.6) is 0 Å². The molecule has 0 spiro atoms. The molecule has 1 aromatic rings. The van der Waals surface area contributed by atoms with E-state index < -0.39 is 0 Å². The minimum absolute atomic E-state index is 0.0845. The minimum atomic E-state index is -0.313.